The second-order valence-electron chi connectivity index (χ2n) is 6.64. The summed E-state index contributed by atoms with van der Waals surface area (Å²) < 4.78 is 41.5. The van der Waals surface area contributed by atoms with E-state index in [-0.39, 0.29) is 16.9 Å². The largest absolute Gasteiger partial charge is 0.433 e. The van der Waals surface area contributed by atoms with Crippen molar-refractivity contribution in [3.63, 3.8) is 0 Å². The van der Waals surface area contributed by atoms with Gasteiger partial charge in [-0.25, -0.2) is 4.98 Å². The number of nitrogens with one attached hydrogen (secondary N) is 1. The molecular formula is C19H16BrF3N4. The van der Waals surface area contributed by atoms with Crippen molar-refractivity contribution in [2.24, 2.45) is 0 Å². The molecular weight excluding hydrogens is 421 g/mol. The maximum atomic E-state index is 13.2. The monoisotopic (exact) mass is 436 g/mol. The molecule has 27 heavy (non-hydrogen) atoms. The van der Waals surface area contributed by atoms with Crippen LogP contribution in [0.1, 0.15) is 24.1 Å². The lowest BCUT2D eigenvalue weighted by Gasteiger charge is -2.30. The van der Waals surface area contributed by atoms with Crippen LogP contribution in [0.2, 0.25) is 0 Å². The van der Waals surface area contributed by atoms with E-state index in [1.165, 1.54) is 10.6 Å². The first-order valence-electron chi connectivity index (χ1n) is 8.45. The average molecular weight is 437 g/mol. The number of halogens is 4. The topological polar surface area (TPSA) is 42.2 Å². The van der Waals surface area contributed by atoms with E-state index in [1.807, 2.05) is 18.2 Å². The smallest absolute Gasteiger partial charge is 0.369 e. The zero-order valence-electron chi connectivity index (χ0n) is 14.2. The summed E-state index contributed by atoms with van der Waals surface area (Å²) in [4.78, 5) is 3.68. The Balaban J connectivity index is 1.70. The minimum absolute atomic E-state index is 0.137. The van der Waals surface area contributed by atoms with E-state index in [9.17, 15) is 13.2 Å². The van der Waals surface area contributed by atoms with Gasteiger partial charge in [0.15, 0.2) is 11.3 Å². The lowest BCUT2D eigenvalue weighted by molar-refractivity contribution is -0.141. The fourth-order valence-corrected chi connectivity index (χ4v) is 3.82. The van der Waals surface area contributed by atoms with Crippen LogP contribution in [0.5, 0.6) is 0 Å². The molecule has 0 saturated carbocycles. The van der Waals surface area contributed by atoms with Gasteiger partial charge in [0, 0.05) is 24.1 Å². The number of aromatic nitrogens is 3. The first-order chi connectivity index (χ1) is 12.9. The van der Waals surface area contributed by atoms with E-state index in [1.54, 1.807) is 0 Å². The predicted octanol–water partition coefficient (Wildman–Crippen LogP) is 5.21. The first-order valence-corrected chi connectivity index (χ1v) is 9.25. The Morgan fingerprint density at radius 3 is 2.48 bits per heavy atom. The van der Waals surface area contributed by atoms with Gasteiger partial charge in [-0.05, 0) is 34.3 Å². The number of fused-ring (bicyclic) bond motifs is 1. The number of hydrogen-bond acceptors (Lipinski definition) is 3. The van der Waals surface area contributed by atoms with Crippen molar-refractivity contribution in [2.75, 3.05) is 11.9 Å². The number of hydrogen-bond donors (Lipinski definition) is 1. The summed E-state index contributed by atoms with van der Waals surface area (Å²) in [5, 5.41) is 7.40. The highest BCUT2D eigenvalue weighted by Gasteiger charge is 2.35. The molecule has 1 aliphatic rings. The molecule has 0 amide bonds. The molecule has 140 valence electrons. The summed E-state index contributed by atoms with van der Waals surface area (Å²) in [6, 6.07) is 12.5. The molecule has 0 radical (unpaired) electrons. The maximum Gasteiger partial charge on any atom is 0.433 e. The quantitative estimate of drug-likeness (QED) is 0.570. The van der Waals surface area contributed by atoms with Crippen LogP contribution in [0.3, 0.4) is 0 Å². The third kappa shape index (κ3) is 3.45. The van der Waals surface area contributed by atoms with Gasteiger partial charge in [0.2, 0.25) is 0 Å². The van der Waals surface area contributed by atoms with Crippen LogP contribution in [0, 0.1) is 0 Å². The van der Waals surface area contributed by atoms with Gasteiger partial charge < -0.3 is 5.32 Å². The van der Waals surface area contributed by atoms with Crippen molar-refractivity contribution >= 4 is 27.4 Å². The van der Waals surface area contributed by atoms with Crippen LogP contribution in [0.25, 0.3) is 5.65 Å². The van der Waals surface area contributed by atoms with E-state index in [0.29, 0.717) is 11.1 Å². The molecule has 0 atom stereocenters. The zero-order chi connectivity index (χ0) is 19.1. The van der Waals surface area contributed by atoms with Gasteiger partial charge in [0.1, 0.15) is 10.4 Å². The van der Waals surface area contributed by atoms with E-state index < -0.39 is 11.9 Å². The Morgan fingerprint density at radius 1 is 1.11 bits per heavy atom. The molecule has 0 unspecified atom stereocenters. The molecule has 4 nitrogen and oxygen atoms in total. The third-order valence-electron chi connectivity index (χ3n) is 4.87. The molecule has 0 aliphatic heterocycles. The molecule has 4 rings (SSSR count). The second kappa shape index (κ2) is 6.67. The molecule has 1 N–H and O–H groups in total. The Kier molecular flexibility index (Phi) is 4.46. The molecule has 1 aromatic carbocycles. The molecule has 0 bridgehead atoms. The highest BCUT2D eigenvalue weighted by molar-refractivity contribution is 9.10. The third-order valence-corrected chi connectivity index (χ3v) is 5.25. The molecule has 8 heteroatoms. The number of alkyl halides is 3. The van der Waals surface area contributed by atoms with Crippen LogP contribution in [0.15, 0.2) is 59.2 Å². The van der Waals surface area contributed by atoms with Crippen LogP contribution >= 0.6 is 15.9 Å². The molecule has 3 aromatic rings. The minimum Gasteiger partial charge on any atom is -0.369 e. The fraction of sp³-hybridized carbons (Fsp3) is 0.263. The van der Waals surface area contributed by atoms with Crippen molar-refractivity contribution in [2.45, 2.75) is 24.4 Å². The maximum absolute atomic E-state index is 13.2. The van der Waals surface area contributed by atoms with Gasteiger partial charge in [-0.2, -0.15) is 22.8 Å². The Morgan fingerprint density at radius 2 is 1.81 bits per heavy atom. The van der Waals surface area contributed by atoms with Crippen LogP contribution in [-0.2, 0) is 11.6 Å². The molecule has 2 aromatic heterocycles. The predicted molar refractivity (Wildman–Crippen MR) is 101 cm³/mol. The highest BCUT2D eigenvalue weighted by atomic mass is 79.9. The van der Waals surface area contributed by atoms with E-state index in [2.05, 4.69) is 55.6 Å². The summed E-state index contributed by atoms with van der Waals surface area (Å²) in [5.74, 6) is 0.264. The number of benzene rings is 1. The first kappa shape index (κ1) is 18.0. The van der Waals surface area contributed by atoms with Crippen molar-refractivity contribution in [3.8, 4) is 0 Å². The Bertz CT molecular complexity index is 987. The summed E-state index contributed by atoms with van der Waals surface area (Å²) in [5.41, 5.74) is 0.158. The molecule has 0 spiro atoms. The second-order valence-corrected chi connectivity index (χ2v) is 7.45. The summed E-state index contributed by atoms with van der Waals surface area (Å²) >= 11 is 3.21. The zero-order valence-corrected chi connectivity index (χ0v) is 15.8. The minimum atomic E-state index is -4.53. The van der Waals surface area contributed by atoms with E-state index in [4.69, 9.17) is 0 Å². The van der Waals surface area contributed by atoms with Gasteiger partial charge in [0.25, 0.3) is 0 Å². The molecule has 1 aliphatic carbocycles. The number of nitrogens with zero attached hydrogens (tertiary/aromatic N) is 3. The summed E-state index contributed by atoms with van der Waals surface area (Å²) in [7, 11) is 0. The molecule has 2 heterocycles. The van der Waals surface area contributed by atoms with E-state index in [0.717, 1.165) is 24.5 Å². The number of allylic oxidation sites excluding steroid dienone is 2. The average Bonchev–Trinajstić information content (AvgIpc) is 3.26. The van der Waals surface area contributed by atoms with Crippen molar-refractivity contribution < 1.29 is 13.2 Å². The van der Waals surface area contributed by atoms with Crippen molar-refractivity contribution in [1.82, 2.24) is 14.6 Å². The van der Waals surface area contributed by atoms with E-state index >= 15 is 0 Å². The van der Waals surface area contributed by atoms with Crippen molar-refractivity contribution in [3.05, 3.63) is 70.5 Å². The summed E-state index contributed by atoms with van der Waals surface area (Å²) in [6.07, 6.45) is 1.35. The Labute approximate surface area is 162 Å². The van der Waals surface area contributed by atoms with Crippen LogP contribution in [-0.4, -0.2) is 21.1 Å². The normalized spacial score (nSPS) is 16.1. The van der Waals surface area contributed by atoms with Crippen LogP contribution < -0.4 is 5.32 Å². The lowest BCUT2D eigenvalue weighted by atomic mass is 9.78. The fourth-order valence-electron chi connectivity index (χ4n) is 3.45. The van der Waals surface area contributed by atoms with Gasteiger partial charge in [-0.3, -0.25) is 0 Å². The summed E-state index contributed by atoms with van der Waals surface area (Å²) in [6.45, 7) is 0.484. The molecule has 0 fully saturated rings. The standard InChI is InChI=1S/C19H16BrF3N4/c20-15-11-17-25-14(19(21,22)23)10-16(27(17)26-15)24-12-18(8-4-5-9-18)13-6-2-1-3-7-13/h1-7,10-11,24H,8-9,12H2. The molecule has 0 saturated heterocycles. The van der Waals surface area contributed by atoms with Gasteiger partial charge in [-0.15, -0.1) is 0 Å². The van der Waals surface area contributed by atoms with Gasteiger partial charge in [-0.1, -0.05) is 42.5 Å². The van der Waals surface area contributed by atoms with Gasteiger partial charge in [0.05, 0.1) is 0 Å². The Hall–Kier alpha value is -2.35. The lowest BCUT2D eigenvalue weighted by Crippen LogP contribution is -2.32. The number of anilines is 1. The van der Waals surface area contributed by atoms with Crippen LogP contribution in [0.4, 0.5) is 19.0 Å². The van der Waals surface area contributed by atoms with Crippen molar-refractivity contribution in [1.29, 1.82) is 0 Å². The number of rotatable bonds is 4. The van der Waals surface area contributed by atoms with Gasteiger partial charge >= 0.3 is 6.18 Å². The highest BCUT2D eigenvalue weighted by Crippen LogP contribution is 2.38. The SMILES string of the molecule is FC(F)(F)c1cc(NCC2(c3ccccc3)CC=CC2)n2nc(Br)cc2n1.